The highest BCUT2D eigenvalue weighted by Gasteiger charge is 2.55. The third-order valence-corrected chi connectivity index (χ3v) is 11.9. The van der Waals surface area contributed by atoms with Crippen LogP contribution in [0.25, 0.3) is 0 Å². The van der Waals surface area contributed by atoms with E-state index in [0.29, 0.717) is 0 Å². The van der Waals surface area contributed by atoms with Gasteiger partial charge in [0.25, 0.3) is 0 Å². The monoisotopic (exact) mass is 340 g/mol. The molecule has 0 amide bonds. The second kappa shape index (κ2) is 5.44. The molecule has 0 saturated heterocycles. The van der Waals surface area contributed by atoms with Gasteiger partial charge in [-0.3, -0.25) is 0 Å². The zero-order valence-corrected chi connectivity index (χ0v) is 16.4. The van der Waals surface area contributed by atoms with E-state index in [0.717, 1.165) is 52.9 Å². The van der Waals surface area contributed by atoms with Gasteiger partial charge < -0.3 is 4.43 Å². The number of rotatable bonds is 2. The fourth-order valence-corrected chi connectivity index (χ4v) is 9.62. The van der Waals surface area contributed by atoms with E-state index in [9.17, 15) is 0 Å². The van der Waals surface area contributed by atoms with Gasteiger partial charge in [-0.2, -0.15) is 0 Å². The highest BCUT2D eigenvalue weighted by molar-refractivity contribution is 6.72. The summed E-state index contributed by atoms with van der Waals surface area (Å²) in [5, 5.41) is 0. The maximum atomic E-state index is 5.68. The van der Waals surface area contributed by atoms with Gasteiger partial charge in [-0.25, -0.2) is 0 Å². The standard InChI is InChI=1S/C12H14.C10H18OSi/c1-2-8-5-7(1)11-9-3-4-10(6-9)12(8)11;1-11-12(2,3)10-7-8-4-5-9(10)6-8/h1-4,7-12H,5-6H2;4-5,8-10H,6-7H2,1-3H3. The van der Waals surface area contributed by atoms with E-state index < -0.39 is 8.32 Å². The van der Waals surface area contributed by atoms with E-state index in [4.69, 9.17) is 4.43 Å². The molecule has 0 heterocycles. The largest absolute Gasteiger partial charge is 0.420 e. The number of allylic oxidation sites excluding steroid dienone is 6. The molecule has 0 N–H and O–H groups in total. The number of hydrogen-bond donors (Lipinski definition) is 0. The van der Waals surface area contributed by atoms with E-state index in [1.54, 1.807) is 0 Å². The van der Waals surface area contributed by atoms with Gasteiger partial charge >= 0.3 is 0 Å². The summed E-state index contributed by atoms with van der Waals surface area (Å²) in [6.45, 7) is 4.71. The summed E-state index contributed by atoms with van der Waals surface area (Å²) in [7, 11) is 0.542. The SMILES string of the molecule is C1=CC2CC1C1C3C=CC(C3)C21.CO[Si](C)(C)C1CC2C=CC1C2. The van der Waals surface area contributed by atoms with E-state index in [1.807, 2.05) is 7.11 Å². The third kappa shape index (κ3) is 2.21. The molecule has 3 fully saturated rings. The molecule has 6 aliphatic rings. The van der Waals surface area contributed by atoms with Crippen LogP contribution < -0.4 is 0 Å². The van der Waals surface area contributed by atoms with Crippen LogP contribution in [-0.4, -0.2) is 15.4 Å². The molecule has 0 aromatic rings. The van der Waals surface area contributed by atoms with Crippen LogP contribution in [0.1, 0.15) is 25.7 Å². The molecule has 24 heavy (non-hydrogen) atoms. The lowest BCUT2D eigenvalue weighted by Gasteiger charge is -2.31. The van der Waals surface area contributed by atoms with Gasteiger partial charge in [-0.1, -0.05) is 36.5 Å². The molecule has 6 rings (SSSR count). The van der Waals surface area contributed by atoms with Crippen molar-refractivity contribution >= 4 is 8.32 Å². The maximum Gasteiger partial charge on any atom is 0.189 e. The molecule has 2 heteroatoms. The lowest BCUT2D eigenvalue weighted by atomic mass is 9.76. The second-order valence-electron chi connectivity index (χ2n) is 9.75. The minimum Gasteiger partial charge on any atom is -0.420 e. The molecular weight excluding hydrogens is 308 g/mol. The van der Waals surface area contributed by atoms with Crippen molar-refractivity contribution in [2.75, 3.05) is 7.11 Å². The fraction of sp³-hybridized carbons (Fsp3) is 0.727. The second-order valence-corrected chi connectivity index (χ2v) is 14.1. The van der Waals surface area contributed by atoms with Crippen LogP contribution in [0, 0.1) is 47.3 Å². The Kier molecular flexibility index (Phi) is 3.55. The summed E-state index contributed by atoms with van der Waals surface area (Å²) in [4.78, 5) is 0. The van der Waals surface area contributed by atoms with Gasteiger partial charge in [-0.15, -0.1) is 0 Å². The molecule has 3 saturated carbocycles. The molecular formula is C22H32OSi. The first-order valence-corrected chi connectivity index (χ1v) is 13.2. The smallest absolute Gasteiger partial charge is 0.189 e. The lowest BCUT2D eigenvalue weighted by molar-refractivity contribution is 0.290. The Bertz CT molecular complexity index is 549. The molecule has 7 atom stereocenters. The average molecular weight is 341 g/mol. The first-order valence-electron chi connectivity index (χ1n) is 10.2. The van der Waals surface area contributed by atoms with Crippen molar-refractivity contribution in [3.63, 3.8) is 0 Å². The Morgan fingerprint density at radius 1 is 0.667 bits per heavy atom. The Hall–Kier alpha value is -0.603. The Labute approximate surface area is 148 Å². The van der Waals surface area contributed by atoms with Crippen molar-refractivity contribution in [2.45, 2.75) is 44.3 Å². The van der Waals surface area contributed by atoms with Crippen LogP contribution >= 0.6 is 0 Å². The van der Waals surface area contributed by atoms with E-state index in [-0.39, 0.29) is 0 Å². The van der Waals surface area contributed by atoms with Gasteiger partial charge in [0.15, 0.2) is 8.32 Å². The number of hydrogen-bond acceptors (Lipinski definition) is 1. The van der Waals surface area contributed by atoms with Crippen molar-refractivity contribution < 1.29 is 4.43 Å². The first-order chi connectivity index (χ1) is 11.6. The molecule has 0 spiro atoms. The van der Waals surface area contributed by atoms with E-state index in [1.165, 1.54) is 25.7 Å². The Morgan fingerprint density at radius 2 is 1.17 bits per heavy atom. The van der Waals surface area contributed by atoms with Crippen molar-refractivity contribution in [3.8, 4) is 0 Å². The average Bonchev–Trinajstić information content (AvgIpc) is 3.42. The van der Waals surface area contributed by atoms with Crippen LogP contribution in [0.3, 0.4) is 0 Å². The highest BCUT2D eigenvalue weighted by atomic mass is 28.4. The van der Waals surface area contributed by atoms with Crippen LogP contribution in [0.4, 0.5) is 0 Å². The summed E-state index contributed by atoms with van der Waals surface area (Å²) in [5.41, 5.74) is 0.887. The highest BCUT2D eigenvalue weighted by Crippen LogP contribution is 2.62. The molecule has 130 valence electrons. The summed E-state index contributed by atoms with van der Waals surface area (Å²) >= 11 is 0. The zero-order valence-electron chi connectivity index (χ0n) is 15.4. The Morgan fingerprint density at radius 3 is 1.54 bits per heavy atom. The molecule has 7 unspecified atom stereocenters. The van der Waals surface area contributed by atoms with Crippen molar-refractivity contribution in [2.24, 2.45) is 47.3 Å². The predicted molar refractivity (Wildman–Crippen MR) is 102 cm³/mol. The first kappa shape index (κ1) is 15.6. The van der Waals surface area contributed by atoms with Crippen molar-refractivity contribution in [1.29, 1.82) is 0 Å². The molecule has 1 nitrogen and oxygen atoms in total. The third-order valence-electron chi connectivity index (χ3n) is 8.42. The molecule has 6 bridgehead atoms. The summed E-state index contributed by atoms with van der Waals surface area (Å²) in [6.07, 6.45) is 20.6. The normalized spacial score (nSPS) is 51.4. The minimum atomic E-state index is -1.35. The quantitative estimate of drug-likeness (QED) is 0.370. The summed E-state index contributed by atoms with van der Waals surface area (Å²) < 4.78 is 5.68. The predicted octanol–water partition coefficient (Wildman–Crippen LogP) is 5.43. The molecule has 6 aliphatic carbocycles. The van der Waals surface area contributed by atoms with Crippen molar-refractivity contribution in [1.82, 2.24) is 0 Å². The lowest BCUT2D eigenvalue weighted by Crippen LogP contribution is -2.37. The fourth-order valence-electron chi connectivity index (χ4n) is 7.16. The van der Waals surface area contributed by atoms with Crippen LogP contribution in [0.15, 0.2) is 36.5 Å². The molecule has 0 aromatic heterocycles. The molecule has 0 radical (unpaired) electrons. The summed E-state index contributed by atoms with van der Waals surface area (Å²) in [5.74, 6) is 7.77. The van der Waals surface area contributed by atoms with E-state index >= 15 is 0 Å². The topological polar surface area (TPSA) is 9.23 Å². The minimum absolute atomic E-state index is 0.858. The van der Waals surface area contributed by atoms with Gasteiger partial charge in [0.2, 0.25) is 0 Å². The van der Waals surface area contributed by atoms with Crippen LogP contribution in [0.5, 0.6) is 0 Å². The van der Waals surface area contributed by atoms with Gasteiger partial charge in [-0.05, 0) is 91.7 Å². The van der Waals surface area contributed by atoms with E-state index in [2.05, 4.69) is 49.6 Å². The molecule has 0 aliphatic heterocycles. The van der Waals surface area contributed by atoms with Gasteiger partial charge in [0.05, 0.1) is 0 Å². The van der Waals surface area contributed by atoms with Crippen LogP contribution in [0.2, 0.25) is 18.6 Å². The Balaban J connectivity index is 0.000000109. The van der Waals surface area contributed by atoms with Crippen LogP contribution in [-0.2, 0) is 4.43 Å². The van der Waals surface area contributed by atoms with Gasteiger partial charge in [0, 0.05) is 7.11 Å². The summed E-state index contributed by atoms with van der Waals surface area (Å²) in [6, 6.07) is 0. The number of fused-ring (bicyclic) bond motifs is 11. The van der Waals surface area contributed by atoms with Gasteiger partial charge in [0.1, 0.15) is 0 Å². The maximum absolute atomic E-state index is 5.68. The molecule has 0 aromatic carbocycles. The van der Waals surface area contributed by atoms with Crippen molar-refractivity contribution in [3.05, 3.63) is 36.5 Å². The zero-order chi connectivity index (χ0) is 16.5.